The van der Waals surface area contributed by atoms with E-state index in [4.69, 9.17) is 0 Å². The Morgan fingerprint density at radius 2 is 2.18 bits per heavy atom. The second kappa shape index (κ2) is 2.31. The van der Waals surface area contributed by atoms with Gasteiger partial charge in [-0.1, -0.05) is 6.07 Å². The Morgan fingerprint density at radius 3 is 2.91 bits per heavy atom. The number of hydrogen-bond donors (Lipinski definition) is 0. The Kier molecular flexibility index (Phi) is 1.43. The van der Waals surface area contributed by atoms with Crippen molar-refractivity contribution in [3.8, 4) is 0 Å². The Balaban J connectivity index is 2.96. The Hall–Kier alpha value is -0.890. The highest BCUT2D eigenvalue weighted by molar-refractivity contribution is 7.17. The molecule has 0 unspecified atom stereocenters. The molecule has 2 rings (SSSR count). The average Bonchev–Trinajstić information content (AvgIpc) is 2.34. The molecule has 0 atom stereocenters. The molecule has 1 aromatic carbocycles. The number of thiophene rings is 1. The van der Waals surface area contributed by atoms with Crippen molar-refractivity contribution in [2.45, 2.75) is 0 Å². The van der Waals surface area contributed by atoms with E-state index in [1.165, 1.54) is 17.4 Å². The number of fused-ring (bicyclic) bond motifs is 1. The van der Waals surface area contributed by atoms with E-state index in [1.807, 2.05) is 11.4 Å². The summed E-state index contributed by atoms with van der Waals surface area (Å²) >= 11 is 1.53. The molecule has 2 aromatic rings. The number of hydrogen-bond acceptors (Lipinski definition) is 1. The molecule has 0 amide bonds. The summed E-state index contributed by atoms with van der Waals surface area (Å²) in [7, 11) is 0. The van der Waals surface area contributed by atoms with E-state index >= 15 is 0 Å². The van der Waals surface area contributed by atoms with Crippen molar-refractivity contribution in [1.29, 1.82) is 0 Å². The maximum Gasteiger partial charge on any atom is 0.132 e. The van der Waals surface area contributed by atoms with E-state index in [0.717, 1.165) is 10.3 Å². The summed E-state index contributed by atoms with van der Waals surface area (Å²) < 4.78 is 14.0. The van der Waals surface area contributed by atoms with Gasteiger partial charge in [-0.05, 0) is 30.0 Å². The van der Waals surface area contributed by atoms with Gasteiger partial charge in [-0.15, -0.1) is 11.3 Å². The van der Waals surface area contributed by atoms with Crippen molar-refractivity contribution < 1.29 is 4.39 Å². The molecule has 0 saturated heterocycles. The molecule has 0 bridgehead atoms. The zero-order valence-electron chi connectivity index (χ0n) is 5.80. The second-order valence-corrected chi connectivity index (χ2v) is 3.29. The maximum atomic E-state index is 13.0. The van der Waals surface area contributed by atoms with Crippen LogP contribution in [0, 0.1) is 12.7 Å². The Bertz CT molecular complexity index is 389. The zero-order chi connectivity index (χ0) is 7.84. The Labute approximate surface area is 68.3 Å². The van der Waals surface area contributed by atoms with Gasteiger partial charge in [-0.25, -0.2) is 4.39 Å². The third-order valence-corrected chi connectivity index (χ3v) is 2.62. The lowest BCUT2D eigenvalue weighted by atomic mass is 10.2. The van der Waals surface area contributed by atoms with Gasteiger partial charge in [-0.3, -0.25) is 0 Å². The molecule has 0 saturated carbocycles. The van der Waals surface area contributed by atoms with Crippen LogP contribution < -0.4 is 0 Å². The van der Waals surface area contributed by atoms with Crippen LogP contribution in [0.15, 0.2) is 23.6 Å². The highest BCUT2D eigenvalue weighted by Gasteiger charge is 2.03. The topological polar surface area (TPSA) is 0 Å². The molecule has 2 heteroatoms. The van der Waals surface area contributed by atoms with Gasteiger partial charge in [0.1, 0.15) is 5.82 Å². The molecule has 1 aromatic heterocycles. The number of rotatable bonds is 0. The SMILES string of the molecule is [CH2]c1csc2cccc(F)c12. The minimum absolute atomic E-state index is 0.172. The van der Waals surface area contributed by atoms with Gasteiger partial charge in [0.05, 0.1) is 0 Å². The van der Waals surface area contributed by atoms with Crippen molar-refractivity contribution in [1.82, 2.24) is 0 Å². The normalized spacial score (nSPS) is 10.7. The second-order valence-electron chi connectivity index (χ2n) is 2.37. The molecule has 0 spiro atoms. The van der Waals surface area contributed by atoms with Gasteiger partial charge in [0, 0.05) is 10.1 Å². The van der Waals surface area contributed by atoms with Crippen LogP contribution in [0.5, 0.6) is 0 Å². The molecule has 1 heterocycles. The third-order valence-electron chi connectivity index (χ3n) is 1.62. The monoisotopic (exact) mass is 165 g/mol. The van der Waals surface area contributed by atoms with Crippen LogP contribution in [0.1, 0.15) is 5.56 Å². The third kappa shape index (κ3) is 0.942. The molecule has 11 heavy (non-hydrogen) atoms. The smallest absolute Gasteiger partial charge is 0.132 e. The van der Waals surface area contributed by atoms with E-state index in [1.54, 1.807) is 6.07 Å². The minimum Gasteiger partial charge on any atom is -0.206 e. The zero-order valence-corrected chi connectivity index (χ0v) is 6.62. The van der Waals surface area contributed by atoms with E-state index in [2.05, 4.69) is 6.92 Å². The molecule has 0 aliphatic rings. The molecular formula is C9H6FS. The van der Waals surface area contributed by atoms with E-state index in [0.29, 0.717) is 5.39 Å². The molecule has 0 aliphatic heterocycles. The lowest BCUT2D eigenvalue weighted by molar-refractivity contribution is 0.640. The van der Waals surface area contributed by atoms with E-state index in [-0.39, 0.29) is 5.82 Å². The minimum atomic E-state index is -0.172. The molecule has 0 aliphatic carbocycles. The fraction of sp³-hybridized carbons (Fsp3) is 0. The standard InChI is InChI=1S/C9H6FS/c1-6-5-11-8-4-2-3-7(10)9(6)8/h2-5H,1H2. The van der Waals surface area contributed by atoms with Crippen LogP contribution in [-0.4, -0.2) is 0 Å². The number of halogens is 1. The van der Waals surface area contributed by atoms with Gasteiger partial charge < -0.3 is 0 Å². The summed E-state index contributed by atoms with van der Waals surface area (Å²) in [6.45, 7) is 3.74. The van der Waals surface area contributed by atoms with Crippen molar-refractivity contribution in [2.24, 2.45) is 0 Å². The van der Waals surface area contributed by atoms with Crippen LogP contribution in [-0.2, 0) is 0 Å². The summed E-state index contributed by atoms with van der Waals surface area (Å²) in [6.07, 6.45) is 0. The largest absolute Gasteiger partial charge is 0.206 e. The maximum absolute atomic E-state index is 13.0. The number of benzene rings is 1. The van der Waals surface area contributed by atoms with Crippen molar-refractivity contribution in [3.05, 3.63) is 41.9 Å². The van der Waals surface area contributed by atoms with Gasteiger partial charge in [0.25, 0.3) is 0 Å². The van der Waals surface area contributed by atoms with E-state index < -0.39 is 0 Å². The molecule has 0 N–H and O–H groups in total. The van der Waals surface area contributed by atoms with Gasteiger partial charge in [0.15, 0.2) is 0 Å². The van der Waals surface area contributed by atoms with Crippen LogP contribution in [0.25, 0.3) is 10.1 Å². The van der Waals surface area contributed by atoms with Gasteiger partial charge >= 0.3 is 0 Å². The van der Waals surface area contributed by atoms with Crippen molar-refractivity contribution in [2.75, 3.05) is 0 Å². The van der Waals surface area contributed by atoms with Crippen LogP contribution in [0.4, 0.5) is 4.39 Å². The van der Waals surface area contributed by atoms with E-state index in [9.17, 15) is 4.39 Å². The lowest BCUT2D eigenvalue weighted by Gasteiger charge is -1.91. The summed E-state index contributed by atoms with van der Waals surface area (Å²) in [5, 5.41) is 2.53. The highest BCUT2D eigenvalue weighted by Crippen LogP contribution is 2.26. The fourth-order valence-electron chi connectivity index (χ4n) is 1.11. The quantitative estimate of drug-likeness (QED) is 0.562. The molecule has 0 fully saturated rings. The first-order chi connectivity index (χ1) is 5.29. The van der Waals surface area contributed by atoms with Crippen molar-refractivity contribution >= 4 is 21.4 Å². The molecule has 55 valence electrons. The van der Waals surface area contributed by atoms with Gasteiger partial charge in [0.2, 0.25) is 0 Å². The average molecular weight is 165 g/mol. The first kappa shape index (κ1) is 6.80. The lowest BCUT2D eigenvalue weighted by Crippen LogP contribution is -1.74. The first-order valence-electron chi connectivity index (χ1n) is 3.27. The highest BCUT2D eigenvalue weighted by atomic mass is 32.1. The van der Waals surface area contributed by atoms with Crippen LogP contribution in [0.2, 0.25) is 0 Å². The van der Waals surface area contributed by atoms with Crippen LogP contribution in [0.3, 0.4) is 0 Å². The first-order valence-corrected chi connectivity index (χ1v) is 4.14. The predicted molar refractivity (Wildman–Crippen MR) is 46.2 cm³/mol. The summed E-state index contributed by atoms with van der Waals surface area (Å²) in [6, 6.07) is 5.08. The van der Waals surface area contributed by atoms with Crippen LogP contribution >= 0.6 is 11.3 Å². The summed E-state index contributed by atoms with van der Waals surface area (Å²) in [4.78, 5) is 0. The summed E-state index contributed by atoms with van der Waals surface area (Å²) in [5.41, 5.74) is 0.781. The fourth-order valence-corrected chi connectivity index (χ4v) is 2.00. The predicted octanol–water partition coefficient (Wildman–Crippen LogP) is 3.22. The Morgan fingerprint density at radius 1 is 1.36 bits per heavy atom. The molecular weight excluding hydrogens is 159 g/mol. The van der Waals surface area contributed by atoms with Crippen molar-refractivity contribution in [3.63, 3.8) is 0 Å². The summed E-state index contributed by atoms with van der Waals surface area (Å²) in [5.74, 6) is -0.172. The molecule has 1 radical (unpaired) electrons. The van der Waals surface area contributed by atoms with Gasteiger partial charge in [-0.2, -0.15) is 0 Å². The molecule has 0 nitrogen and oxygen atoms in total.